The standard InChI is InChI=1S/C75H141NO5/c1-3-5-7-9-11-13-15-17-19-21-22-23-24-25-27-30-33-36-39-43-47-51-55-59-63-67-73(78)72(71-77)76-74(79)68-64-60-56-52-48-44-40-37-34-31-28-26-29-32-35-38-42-46-50-54-58-62-66-70-81-75(80)69-65-61-57-53-49-45-41-20-18-16-14-12-10-8-6-4-2/h14,16,20,31,34,41,63,67,72-73,77-78H,3-13,15,17-19,21-30,32-33,35-40,42-62,64-66,68-71H2,1-2H3,(H,76,79)/b16-14-,34-31-,41-20-,67-63+. The molecule has 2 atom stereocenters. The van der Waals surface area contributed by atoms with Gasteiger partial charge in [0.2, 0.25) is 5.91 Å². The highest BCUT2D eigenvalue weighted by atomic mass is 16.5. The molecule has 0 heterocycles. The summed E-state index contributed by atoms with van der Waals surface area (Å²) in [5.74, 6) is -0.0729. The number of aliphatic hydroxyl groups excluding tert-OH is 2. The molecule has 0 spiro atoms. The SMILES string of the molecule is CCCCCC/C=C\C/C=C\CCCCCCCC(=O)OCCCCCCCCCCCCCC/C=C\CCCCCCCCCC(=O)NC(CO)C(O)/C=C/CCCCCCCCCCCCCCCCCCCCCCCCC. The van der Waals surface area contributed by atoms with Crippen LogP contribution in [-0.4, -0.2) is 47.4 Å². The normalized spacial score (nSPS) is 12.8. The fraction of sp³-hybridized carbons (Fsp3) is 0.867. The van der Waals surface area contributed by atoms with E-state index in [1.807, 2.05) is 6.08 Å². The lowest BCUT2D eigenvalue weighted by Crippen LogP contribution is -2.45. The van der Waals surface area contributed by atoms with Crippen LogP contribution in [0.5, 0.6) is 0 Å². The Kier molecular flexibility index (Phi) is 68.4. The van der Waals surface area contributed by atoms with E-state index in [1.165, 1.54) is 308 Å². The van der Waals surface area contributed by atoms with E-state index in [1.54, 1.807) is 6.08 Å². The Labute approximate surface area is 506 Å². The lowest BCUT2D eigenvalue weighted by atomic mass is 10.0. The topological polar surface area (TPSA) is 95.9 Å². The number of ether oxygens (including phenoxy) is 1. The fourth-order valence-corrected chi connectivity index (χ4v) is 11.3. The largest absolute Gasteiger partial charge is 0.466 e. The number of allylic oxidation sites excluding steroid dienone is 7. The molecule has 6 heteroatoms. The van der Waals surface area contributed by atoms with Crippen LogP contribution >= 0.6 is 0 Å². The molecule has 0 aliphatic carbocycles. The summed E-state index contributed by atoms with van der Waals surface area (Å²) in [5, 5.41) is 23.3. The highest BCUT2D eigenvalue weighted by molar-refractivity contribution is 5.76. The smallest absolute Gasteiger partial charge is 0.305 e. The number of aliphatic hydroxyl groups is 2. The van der Waals surface area contributed by atoms with Crippen molar-refractivity contribution in [1.29, 1.82) is 0 Å². The van der Waals surface area contributed by atoms with Gasteiger partial charge < -0.3 is 20.3 Å². The van der Waals surface area contributed by atoms with Crippen molar-refractivity contribution in [3.63, 3.8) is 0 Å². The summed E-state index contributed by atoms with van der Waals surface area (Å²) in [6, 6.07) is -0.635. The highest BCUT2D eigenvalue weighted by Crippen LogP contribution is 2.18. The highest BCUT2D eigenvalue weighted by Gasteiger charge is 2.18. The molecule has 476 valence electrons. The molecule has 0 aromatic heterocycles. The minimum atomic E-state index is -0.851. The lowest BCUT2D eigenvalue weighted by molar-refractivity contribution is -0.143. The van der Waals surface area contributed by atoms with Crippen LogP contribution in [0.25, 0.3) is 0 Å². The van der Waals surface area contributed by atoms with Crippen LogP contribution < -0.4 is 5.32 Å². The summed E-state index contributed by atoms with van der Waals surface area (Å²) in [6.45, 7) is 4.91. The summed E-state index contributed by atoms with van der Waals surface area (Å²) in [6.07, 6.45) is 91.9. The summed E-state index contributed by atoms with van der Waals surface area (Å²) in [7, 11) is 0. The first kappa shape index (κ1) is 78.8. The van der Waals surface area contributed by atoms with Gasteiger partial charge in [-0.15, -0.1) is 0 Å². The van der Waals surface area contributed by atoms with Crippen LogP contribution in [0.2, 0.25) is 0 Å². The number of unbranched alkanes of at least 4 members (excludes halogenated alkanes) is 51. The van der Waals surface area contributed by atoms with Crippen molar-refractivity contribution >= 4 is 11.9 Å². The van der Waals surface area contributed by atoms with E-state index in [0.29, 0.717) is 19.4 Å². The van der Waals surface area contributed by atoms with E-state index in [9.17, 15) is 19.8 Å². The van der Waals surface area contributed by atoms with Gasteiger partial charge in [-0.3, -0.25) is 9.59 Å². The Morgan fingerprint density at radius 2 is 0.617 bits per heavy atom. The third-order valence-corrected chi connectivity index (χ3v) is 16.8. The molecule has 3 N–H and O–H groups in total. The number of esters is 1. The Morgan fingerprint density at radius 3 is 0.963 bits per heavy atom. The lowest BCUT2D eigenvalue weighted by Gasteiger charge is -2.20. The number of carbonyl (C=O) groups is 2. The van der Waals surface area contributed by atoms with Crippen LogP contribution in [-0.2, 0) is 14.3 Å². The Hall–Kier alpha value is -2.18. The van der Waals surface area contributed by atoms with Gasteiger partial charge >= 0.3 is 5.97 Å². The molecule has 0 radical (unpaired) electrons. The van der Waals surface area contributed by atoms with Crippen molar-refractivity contribution < 1.29 is 24.5 Å². The van der Waals surface area contributed by atoms with Crippen molar-refractivity contribution in [3.8, 4) is 0 Å². The summed E-state index contributed by atoms with van der Waals surface area (Å²) in [5.41, 5.74) is 0. The maximum Gasteiger partial charge on any atom is 0.305 e. The molecule has 2 unspecified atom stereocenters. The minimum Gasteiger partial charge on any atom is -0.466 e. The van der Waals surface area contributed by atoms with Gasteiger partial charge in [0.15, 0.2) is 0 Å². The Bertz CT molecular complexity index is 1360. The van der Waals surface area contributed by atoms with E-state index in [2.05, 4.69) is 55.6 Å². The molecule has 81 heavy (non-hydrogen) atoms. The van der Waals surface area contributed by atoms with Gasteiger partial charge in [-0.1, -0.05) is 339 Å². The molecular weight excluding hydrogens is 995 g/mol. The monoisotopic (exact) mass is 1140 g/mol. The van der Waals surface area contributed by atoms with Gasteiger partial charge in [0.05, 0.1) is 25.4 Å². The Morgan fingerprint density at radius 1 is 0.346 bits per heavy atom. The van der Waals surface area contributed by atoms with Gasteiger partial charge in [0.25, 0.3) is 0 Å². The second-order valence-corrected chi connectivity index (χ2v) is 24.9. The van der Waals surface area contributed by atoms with Gasteiger partial charge in [-0.05, 0) is 89.9 Å². The molecule has 1 amide bonds. The summed E-state index contributed by atoms with van der Waals surface area (Å²) < 4.78 is 5.49. The molecular formula is C75H141NO5. The second kappa shape index (κ2) is 70.3. The van der Waals surface area contributed by atoms with E-state index >= 15 is 0 Å². The van der Waals surface area contributed by atoms with E-state index in [4.69, 9.17) is 4.74 Å². The molecule has 0 bridgehead atoms. The van der Waals surface area contributed by atoms with Crippen LogP contribution in [0, 0.1) is 0 Å². The minimum absolute atomic E-state index is 0.00212. The third kappa shape index (κ3) is 66.8. The fourth-order valence-electron chi connectivity index (χ4n) is 11.3. The first-order valence-electron chi connectivity index (χ1n) is 36.4. The maximum absolute atomic E-state index is 12.5. The quantitative estimate of drug-likeness (QED) is 0.0320. The van der Waals surface area contributed by atoms with Gasteiger partial charge in [-0.2, -0.15) is 0 Å². The van der Waals surface area contributed by atoms with Crippen LogP contribution in [0.3, 0.4) is 0 Å². The number of hydrogen-bond donors (Lipinski definition) is 3. The molecule has 0 saturated heterocycles. The number of rotatable bonds is 68. The van der Waals surface area contributed by atoms with Crippen LogP contribution in [0.15, 0.2) is 48.6 Å². The van der Waals surface area contributed by atoms with E-state index in [0.717, 1.165) is 57.8 Å². The van der Waals surface area contributed by atoms with Crippen LogP contribution in [0.1, 0.15) is 393 Å². The van der Waals surface area contributed by atoms with Crippen molar-refractivity contribution in [2.24, 2.45) is 0 Å². The summed E-state index contributed by atoms with van der Waals surface area (Å²) in [4.78, 5) is 24.6. The summed E-state index contributed by atoms with van der Waals surface area (Å²) >= 11 is 0. The zero-order valence-electron chi connectivity index (χ0n) is 54.5. The number of carbonyl (C=O) groups excluding carboxylic acids is 2. The number of nitrogens with one attached hydrogen (secondary N) is 1. The van der Waals surface area contributed by atoms with E-state index in [-0.39, 0.29) is 18.5 Å². The van der Waals surface area contributed by atoms with Gasteiger partial charge in [0, 0.05) is 12.8 Å². The number of hydrogen-bond acceptors (Lipinski definition) is 5. The molecule has 6 nitrogen and oxygen atoms in total. The average Bonchev–Trinajstić information content (AvgIpc) is 3.47. The van der Waals surface area contributed by atoms with E-state index < -0.39 is 12.1 Å². The average molecular weight is 1140 g/mol. The zero-order valence-corrected chi connectivity index (χ0v) is 54.5. The first-order valence-corrected chi connectivity index (χ1v) is 36.4. The second-order valence-electron chi connectivity index (χ2n) is 24.9. The zero-order chi connectivity index (χ0) is 58.5. The predicted molar refractivity (Wildman–Crippen MR) is 356 cm³/mol. The van der Waals surface area contributed by atoms with Gasteiger partial charge in [0.1, 0.15) is 0 Å². The Balaban J connectivity index is 3.44. The molecule has 0 aliphatic heterocycles. The maximum atomic E-state index is 12.5. The van der Waals surface area contributed by atoms with Crippen molar-refractivity contribution in [2.45, 2.75) is 405 Å². The van der Waals surface area contributed by atoms with Crippen molar-refractivity contribution in [1.82, 2.24) is 5.32 Å². The van der Waals surface area contributed by atoms with Crippen molar-refractivity contribution in [2.75, 3.05) is 13.2 Å². The van der Waals surface area contributed by atoms with Crippen molar-refractivity contribution in [3.05, 3.63) is 48.6 Å². The van der Waals surface area contributed by atoms with Gasteiger partial charge in [-0.25, -0.2) is 0 Å². The first-order chi connectivity index (χ1) is 40.0. The predicted octanol–water partition coefficient (Wildman–Crippen LogP) is 23.6. The molecule has 0 saturated carbocycles. The third-order valence-electron chi connectivity index (χ3n) is 16.8. The van der Waals surface area contributed by atoms with Crippen LogP contribution in [0.4, 0.5) is 0 Å². The number of amides is 1. The molecule has 0 aromatic rings. The molecule has 0 rings (SSSR count). The molecule has 0 fully saturated rings. The molecule has 0 aliphatic rings. The molecule has 0 aromatic carbocycles.